The largest absolute Gasteiger partial charge is 0.457 e. The lowest BCUT2D eigenvalue weighted by molar-refractivity contribution is 0.527. The number of halogens is 1. The van der Waals surface area contributed by atoms with Gasteiger partial charge >= 0.3 is 0 Å². The van der Waals surface area contributed by atoms with E-state index in [0.29, 0.717) is 4.67 Å². The Morgan fingerprint density at radius 3 is 2.87 bits per heavy atom. The van der Waals surface area contributed by atoms with E-state index in [4.69, 9.17) is 10.3 Å². The van der Waals surface area contributed by atoms with Gasteiger partial charge in [0.1, 0.15) is 0 Å². The molecule has 5 heteroatoms. The van der Waals surface area contributed by atoms with Gasteiger partial charge in [-0.05, 0) is 45.9 Å². The van der Waals surface area contributed by atoms with Crippen LogP contribution in [0, 0.1) is 6.92 Å². The van der Waals surface area contributed by atoms with Crippen LogP contribution in [0.2, 0.25) is 0 Å². The molecule has 0 aliphatic carbocycles. The van der Waals surface area contributed by atoms with Crippen LogP contribution in [0.3, 0.4) is 0 Å². The molecule has 80 valence electrons. The van der Waals surface area contributed by atoms with E-state index in [0.717, 1.165) is 11.1 Å². The highest BCUT2D eigenvalue weighted by Crippen LogP contribution is 2.31. The molecular formula is C10H11BrN2OS. The molecule has 0 aliphatic rings. The molecule has 15 heavy (non-hydrogen) atoms. The Morgan fingerprint density at radius 2 is 2.40 bits per heavy atom. The molecule has 2 rings (SSSR count). The molecule has 0 amide bonds. The zero-order valence-corrected chi connectivity index (χ0v) is 10.6. The second-order valence-electron chi connectivity index (χ2n) is 3.24. The summed E-state index contributed by atoms with van der Waals surface area (Å²) in [5, 5.41) is 2.10. The summed E-state index contributed by atoms with van der Waals surface area (Å²) in [5.74, 6) is 5.57. The molecule has 0 saturated carbocycles. The fourth-order valence-corrected chi connectivity index (χ4v) is 2.69. The molecule has 1 atom stereocenters. The summed E-state index contributed by atoms with van der Waals surface area (Å²) in [6.07, 6.45) is 1.64. The van der Waals surface area contributed by atoms with Crippen molar-refractivity contribution in [2.24, 2.45) is 5.84 Å². The summed E-state index contributed by atoms with van der Waals surface area (Å²) in [7, 11) is 0. The molecule has 3 N–H and O–H groups in total. The fraction of sp³-hybridized carbons (Fsp3) is 0.200. The van der Waals surface area contributed by atoms with Crippen LogP contribution < -0.4 is 11.3 Å². The number of rotatable bonds is 3. The lowest BCUT2D eigenvalue weighted by atomic mass is 10.1. The number of nitrogens with two attached hydrogens (primary N) is 1. The number of furan rings is 1. The van der Waals surface area contributed by atoms with Crippen molar-refractivity contribution in [2.75, 3.05) is 0 Å². The standard InChI is InChI=1S/C10H11BrN2OS/c1-6-4-7(5-15-6)9(13-12)8-2-3-14-10(8)11/h2-5,9,13H,12H2,1H3. The Morgan fingerprint density at radius 1 is 1.60 bits per heavy atom. The predicted molar refractivity (Wildman–Crippen MR) is 64.6 cm³/mol. The van der Waals surface area contributed by atoms with Crippen molar-refractivity contribution in [1.29, 1.82) is 0 Å². The summed E-state index contributed by atoms with van der Waals surface area (Å²) >= 11 is 5.06. The van der Waals surface area contributed by atoms with Crippen LogP contribution >= 0.6 is 27.3 Å². The van der Waals surface area contributed by atoms with Gasteiger partial charge in [-0.25, -0.2) is 5.43 Å². The van der Waals surface area contributed by atoms with E-state index >= 15 is 0 Å². The van der Waals surface area contributed by atoms with E-state index in [-0.39, 0.29) is 6.04 Å². The zero-order valence-electron chi connectivity index (χ0n) is 8.16. The smallest absolute Gasteiger partial charge is 0.174 e. The number of aryl methyl sites for hydroxylation is 1. The lowest BCUT2D eigenvalue weighted by Gasteiger charge is -2.12. The quantitative estimate of drug-likeness (QED) is 0.674. The molecule has 2 aromatic rings. The van der Waals surface area contributed by atoms with E-state index in [1.807, 2.05) is 6.07 Å². The van der Waals surface area contributed by atoms with E-state index in [1.165, 1.54) is 4.88 Å². The highest BCUT2D eigenvalue weighted by molar-refractivity contribution is 9.10. The Labute approximate surface area is 100 Å². The average molecular weight is 287 g/mol. The first-order chi connectivity index (χ1) is 7.22. The lowest BCUT2D eigenvalue weighted by Crippen LogP contribution is -2.28. The van der Waals surface area contributed by atoms with Gasteiger partial charge in [0.25, 0.3) is 0 Å². The number of nitrogens with one attached hydrogen (secondary N) is 1. The van der Waals surface area contributed by atoms with Gasteiger partial charge in [0.05, 0.1) is 12.3 Å². The Balaban J connectivity index is 2.36. The Kier molecular flexibility index (Phi) is 3.25. The van der Waals surface area contributed by atoms with E-state index in [9.17, 15) is 0 Å². The van der Waals surface area contributed by atoms with Gasteiger partial charge in [0.15, 0.2) is 4.67 Å². The van der Waals surface area contributed by atoms with Gasteiger partial charge in [0.2, 0.25) is 0 Å². The van der Waals surface area contributed by atoms with E-state index in [1.54, 1.807) is 17.6 Å². The van der Waals surface area contributed by atoms with Gasteiger partial charge in [-0.2, -0.15) is 0 Å². The van der Waals surface area contributed by atoms with Crippen LogP contribution in [0.5, 0.6) is 0 Å². The summed E-state index contributed by atoms with van der Waals surface area (Å²) < 4.78 is 5.92. The second-order valence-corrected chi connectivity index (χ2v) is 5.08. The van der Waals surface area contributed by atoms with Crippen molar-refractivity contribution >= 4 is 27.3 Å². The third-order valence-electron chi connectivity index (χ3n) is 2.21. The molecule has 2 aromatic heterocycles. The van der Waals surface area contributed by atoms with Crippen LogP contribution in [0.25, 0.3) is 0 Å². The third-order valence-corrected chi connectivity index (χ3v) is 3.73. The summed E-state index contributed by atoms with van der Waals surface area (Å²) in [6, 6.07) is 4.00. The second kappa shape index (κ2) is 4.49. The van der Waals surface area contributed by atoms with Gasteiger partial charge in [-0.15, -0.1) is 11.3 Å². The normalized spacial score (nSPS) is 13.0. The fourth-order valence-electron chi connectivity index (χ4n) is 1.49. The highest BCUT2D eigenvalue weighted by atomic mass is 79.9. The number of hydrogen-bond acceptors (Lipinski definition) is 4. The molecule has 0 spiro atoms. The monoisotopic (exact) mass is 286 g/mol. The molecular weight excluding hydrogens is 276 g/mol. The number of hydrazine groups is 1. The van der Waals surface area contributed by atoms with Crippen molar-refractivity contribution in [2.45, 2.75) is 13.0 Å². The minimum atomic E-state index is -0.0249. The minimum absolute atomic E-state index is 0.0249. The molecule has 0 aliphatic heterocycles. The van der Waals surface area contributed by atoms with Gasteiger partial charge in [-0.3, -0.25) is 5.84 Å². The first-order valence-electron chi connectivity index (χ1n) is 4.46. The van der Waals surface area contributed by atoms with Crippen molar-refractivity contribution in [1.82, 2.24) is 5.43 Å². The number of hydrogen-bond donors (Lipinski definition) is 2. The SMILES string of the molecule is Cc1cc(C(NN)c2ccoc2Br)cs1. The van der Waals surface area contributed by atoms with Crippen LogP contribution in [0.4, 0.5) is 0 Å². The molecule has 0 saturated heterocycles. The summed E-state index contributed by atoms with van der Waals surface area (Å²) in [6.45, 7) is 2.08. The molecule has 2 heterocycles. The molecule has 1 unspecified atom stereocenters. The number of thiophene rings is 1. The average Bonchev–Trinajstić information content (AvgIpc) is 2.79. The molecule has 0 bridgehead atoms. The van der Waals surface area contributed by atoms with Crippen LogP contribution in [-0.2, 0) is 0 Å². The molecule has 0 fully saturated rings. The van der Waals surface area contributed by atoms with Crippen molar-refractivity contribution in [3.05, 3.63) is 44.4 Å². The van der Waals surface area contributed by atoms with Crippen molar-refractivity contribution in [3.8, 4) is 0 Å². The van der Waals surface area contributed by atoms with Crippen molar-refractivity contribution in [3.63, 3.8) is 0 Å². The van der Waals surface area contributed by atoms with Crippen LogP contribution in [-0.4, -0.2) is 0 Å². The topological polar surface area (TPSA) is 51.2 Å². The first kappa shape index (κ1) is 10.9. The van der Waals surface area contributed by atoms with Gasteiger partial charge < -0.3 is 4.42 Å². The summed E-state index contributed by atoms with van der Waals surface area (Å²) in [5.41, 5.74) is 4.96. The molecule has 0 aromatic carbocycles. The predicted octanol–water partition coefficient (Wildman–Crippen LogP) is 2.96. The maximum Gasteiger partial charge on any atom is 0.174 e. The highest BCUT2D eigenvalue weighted by Gasteiger charge is 2.18. The maximum atomic E-state index is 5.57. The molecule has 3 nitrogen and oxygen atoms in total. The van der Waals surface area contributed by atoms with Crippen LogP contribution in [0.15, 0.2) is 32.9 Å². The molecule has 0 radical (unpaired) electrons. The van der Waals surface area contributed by atoms with Crippen LogP contribution in [0.1, 0.15) is 22.0 Å². The Hall–Kier alpha value is -0.620. The maximum absolute atomic E-state index is 5.57. The summed E-state index contributed by atoms with van der Waals surface area (Å²) in [4.78, 5) is 1.27. The van der Waals surface area contributed by atoms with Crippen molar-refractivity contribution < 1.29 is 4.42 Å². The first-order valence-corrected chi connectivity index (χ1v) is 6.13. The third kappa shape index (κ3) is 2.15. The Bertz CT molecular complexity index is 452. The van der Waals surface area contributed by atoms with E-state index < -0.39 is 0 Å². The van der Waals surface area contributed by atoms with E-state index in [2.05, 4.69) is 39.7 Å². The van der Waals surface area contributed by atoms with Gasteiger partial charge in [0, 0.05) is 10.4 Å². The zero-order chi connectivity index (χ0) is 10.8. The minimum Gasteiger partial charge on any atom is -0.457 e. The van der Waals surface area contributed by atoms with Gasteiger partial charge in [-0.1, -0.05) is 0 Å².